The first-order chi connectivity index (χ1) is 5.00. The number of aliphatic hydroxyl groups excluding tert-OH is 3. The molecule has 0 bridgehead atoms. The molecule has 0 spiro atoms. The summed E-state index contributed by atoms with van der Waals surface area (Å²) in [6.45, 7) is 4.79. The minimum absolute atomic E-state index is 0.482. The largest absolute Gasteiger partial charge is 0.379 e. The van der Waals surface area contributed by atoms with E-state index in [-0.39, 0.29) is 0 Å². The van der Waals surface area contributed by atoms with Gasteiger partial charge in [-0.1, -0.05) is 6.92 Å². The quantitative estimate of drug-likeness (QED) is 0.498. The van der Waals surface area contributed by atoms with Crippen molar-refractivity contribution >= 4 is 0 Å². The maximum Gasteiger partial charge on any atom is 0.111 e. The summed E-state index contributed by atoms with van der Waals surface area (Å²) in [6.07, 6.45) is -1.96. The highest BCUT2D eigenvalue weighted by Gasteiger charge is 2.22. The fraction of sp³-hybridized carbons (Fsp3) is 1.00. The van der Waals surface area contributed by atoms with Gasteiger partial charge < -0.3 is 15.3 Å². The van der Waals surface area contributed by atoms with Gasteiger partial charge in [0.1, 0.15) is 18.7 Å². The normalized spacial score (nSPS) is 19.9. The lowest BCUT2D eigenvalue weighted by Crippen LogP contribution is -2.47. The van der Waals surface area contributed by atoms with Crippen LogP contribution < -0.4 is 0 Å². The lowest BCUT2D eigenvalue weighted by molar-refractivity contribution is -0.166. The van der Waals surface area contributed by atoms with E-state index in [2.05, 4.69) is 0 Å². The Morgan fingerprint density at radius 2 is 1.45 bits per heavy atom. The zero-order valence-electron chi connectivity index (χ0n) is 7.23. The minimum atomic E-state index is -0.829. The van der Waals surface area contributed by atoms with Crippen LogP contribution >= 0.6 is 0 Å². The van der Waals surface area contributed by atoms with Crippen LogP contribution in [0.1, 0.15) is 27.2 Å². The summed E-state index contributed by atoms with van der Waals surface area (Å²) >= 11 is 0. The van der Waals surface area contributed by atoms with Gasteiger partial charge in [-0.15, -0.1) is 0 Å². The Hall–Kier alpha value is -0.160. The summed E-state index contributed by atoms with van der Waals surface area (Å²) in [6, 6.07) is 0. The van der Waals surface area contributed by atoms with Crippen molar-refractivity contribution in [1.29, 1.82) is 0 Å². The molecule has 0 aliphatic carbocycles. The monoisotopic (exact) mass is 163 g/mol. The Labute approximate surface area is 67.1 Å². The summed E-state index contributed by atoms with van der Waals surface area (Å²) in [7, 11) is 0. The Kier molecular flexibility index (Phi) is 4.60. The molecule has 0 aliphatic rings. The van der Waals surface area contributed by atoms with Gasteiger partial charge in [-0.2, -0.15) is 0 Å². The highest BCUT2D eigenvalue weighted by atomic mass is 16.4. The molecular weight excluding hydrogens is 146 g/mol. The van der Waals surface area contributed by atoms with Crippen molar-refractivity contribution in [2.75, 3.05) is 0 Å². The lowest BCUT2D eigenvalue weighted by atomic mass is 10.3. The second-order valence-corrected chi connectivity index (χ2v) is 2.60. The van der Waals surface area contributed by atoms with Crippen molar-refractivity contribution < 1.29 is 15.3 Å². The third-order valence-electron chi connectivity index (χ3n) is 1.57. The zero-order valence-corrected chi connectivity index (χ0v) is 7.23. The molecule has 11 heavy (non-hydrogen) atoms. The van der Waals surface area contributed by atoms with Crippen molar-refractivity contribution in [2.24, 2.45) is 0 Å². The standard InChI is InChI=1S/C7H17NO3/c1-4-7(11)8(5(2)9)6(3)10/h5-7,9-11H,4H2,1-3H3/t5-,6-,7+/m0/s1. The van der Waals surface area contributed by atoms with Crippen molar-refractivity contribution in [1.82, 2.24) is 4.90 Å². The van der Waals surface area contributed by atoms with Gasteiger partial charge in [0.15, 0.2) is 0 Å². The second-order valence-electron chi connectivity index (χ2n) is 2.60. The van der Waals surface area contributed by atoms with Crippen LogP contribution in [0, 0.1) is 0 Å². The van der Waals surface area contributed by atoms with Gasteiger partial charge in [0.05, 0.1) is 0 Å². The smallest absolute Gasteiger partial charge is 0.111 e. The SMILES string of the molecule is CC[C@@H](O)N([C@H](C)O)[C@H](C)O. The molecule has 0 heterocycles. The van der Waals surface area contributed by atoms with Crippen molar-refractivity contribution in [3.8, 4) is 0 Å². The molecule has 0 unspecified atom stereocenters. The molecule has 0 aromatic carbocycles. The average molecular weight is 163 g/mol. The number of nitrogens with zero attached hydrogens (tertiary/aromatic N) is 1. The van der Waals surface area contributed by atoms with Gasteiger partial charge in [0.25, 0.3) is 0 Å². The molecule has 4 nitrogen and oxygen atoms in total. The van der Waals surface area contributed by atoms with E-state index in [9.17, 15) is 5.11 Å². The lowest BCUT2D eigenvalue weighted by Gasteiger charge is -2.31. The first-order valence-corrected chi connectivity index (χ1v) is 3.82. The predicted molar refractivity (Wildman–Crippen MR) is 41.5 cm³/mol. The molecule has 0 amide bonds. The van der Waals surface area contributed by atoms with Gasteiger partial charge in [0.2, 0.25) is 0 Å². The zero-order chi connectivity index (χ0) is 9.02. The third kappa shape index (κ3) is 3.16. The van der Waals surface area contributed by atoms with Crippen molar-refractivity contribution in [2.45, 2.75) is 45.9 Å². The molecule has 0 saturated carbocycles. The molecule has 0 fully saturated rings. The van der Waals surface area contributed by atoms with Gasteiger partial charge in [-0.3, -0.25) is 0 Å². The molecule has 4 heteroatoms. The Balaban J connectivity index is 4.09. The molecule has 0 aromatic heterocycles. The van der Waals surface area contributed by atoms with Crippen molar-refractivity contribution in [3.63, 3.8) is 0 Å². The Morgan fingerprint density at radius 1 is 1.09 bits per heavy atom. The van der Waals surface area contributed by atoms with E-state index in [0.29, 0.717) is 6.42 Å². The predicted octanol–water partition coefficient (Wildman–Crippen LogP) is -0.307. The number of aliphatic hydroxyl groups is 3. The summed E-state index contributed by atoms with van der Waals surface area (Å²) < 4.78 is 0. The van der Waals surface area contributed by atoms with Crippen LogP contribution in [0.5, 0.6) is 0 Å². The molecule has 0 aromatic rings. The summed E-state index contributed by atoms with van der Waals surface area (Å²) in [4.78, 5) is 1.22. The average Bonchev–Trinajstić information content (AvgIpc) is 1.85. The van der Waals surface area contributed by atoms with Gasteiger partial charge in [-0.25, -0.2) is 4.90 Å². The maximum absolute atomic E-state index is 9.26. The fourth-order valence-corrected chi connectivity index (χ4v) is 1.02. The first-order valence-electron chi connectivity index (χ1n) is 3.82. The van der Waals surface area contributed by atoms with E-state index < -0.39 is 18.7 Å². The summed E-state index contributed by atoms with van der Waals surface area (Å²) in [5.74, 6) is 0. The molecular formula is C7H17NO3. The van der Waals surface area contributed by atoms with Gasteiger partial charge >= 0.3 is 0 Å². The molecule has 68 valence electrons. The van der Waals surface area contributed by atoms with Crippen LogP contribution in [-0.4, -0.2) is 38.9 Å². The third-order valence-corrected chi connectivity index (χ3v) is 1.57. The Bertz CT molecular complexity index is 97.9. The molecule has 3 N–H and O–H groups in total. The van der Waals surface area contributed by atoms with Crippen LogP contribution in [0.25, 0.3) is 0 Å². The number of rotatable bonds is 4. The maximum atomic E-state index is 9.26. The van der Waals surface area contributed by atoms with E-state index >= 15 is 0 Å². The topological polar surface area (TPSA) is 63.9 Å². The number of hydrogen-bond donors (Lipinski definition) is 3. The number of hydrogen-bond acceptors (Lipinski definition) is 4. The first kappa shape index (κ1) is 10.8. The molecule has 3 atom stereocenters. The molecule has 0 saturated heterocycles. The molecule has 0 rings (SSSR count). The van der Waals surface area contributed by atoms with E-state index in [1.54, 1.807) is 6.92 Å². The van der Waals surface area contributed by atoms with E-state index in [1.165, 1.54) is 18.7 Å². The van der Waals surface area contributed by atoms with Crippen LogP contribution in [0.2, 0.25) is 0 Å². The summed E-state index contributed by atoms with van der Waals surface area (Å²) in [5, 5.41) is 27.4. The highest BCUT2D eigenvalue weighted by Crippen LogP contribution is 2.07. The van der Waals surface area contributed by atoms with Gasteiger partial charge in [-0.05, 0) is 20.3 Å². The highest BCUT2D eigenvalue weighted by molar-refractivity contribution is 4.61. The van der Waals surface area contributed by atoms with Crippen LogP contribution in [0.15, 0.2) is 0 Å². The van der Waals surface area contributed by atoms with E-state index in [0.717, 1.165) is 0 Å². The van der Waals surface area contributed by atoms with Crippen molar-refractivity contribution in [3.05, 3.63) is 0 Å². The van der Waals surface area contributed by atoms with E-state index in [1.807, 2.05) is 0 Å². The second kappa shape index (κ2) is 4.66. The minimum Gasteiger partial charge on any atom is -0.379 e. The molecule has 0 aliphatic heterocycles. The van der Waals surface area contributed by atoms with Gasteiger partial charge in [0, 0.05) is 0 Å². The van der Waals surface area contributed by atoms with E-state index in [4.69, 9.17) is 10.2 Å². The molecule has 0 radical (unpaired) electrons. The van der Waals surface area contributed by atoms with Crippen LogP contribution in [0.3, 0.4) is 0 Å². The van der Waals surface area contributed by atoms with Crippen LogP contribution in [-0.2, 0) is 0 Å². The fourth-order valence-electron chi connectivity index (χ4n) is 1.02. The summed E-state index contributed by atoms with van der Waals surface area (Å²) in [5.41, 5.74) is 0. The van der Waals surface area contributed by atoms with Crippen LogP contribution in [0.4, 0.5) is 0 Å². The Morgan fingerprint density at radius 3 is 1.55 bits per heavy atom.